The largest absolute Gasteiger partial charge is 0.355 e. The molecule has 0 saturated heterocycles. The first kappa shape index (κ1) is 16.9. The highest BCUT2D eigenvalue weighted by molar-refractivity contribution is 8.01. The Morgan fingerprint density at radius 2 is 2.21 bits per heavy atom. The van der Waals surface area contributed by atoms with E-state index in [-0.39, 0.29) is 18.2 Å². The van der Waals surface area contributed by atoms with Crippen LogP contribution in [0.1, 0.15) is 28.5 Å². The molecule has 0 bridgehead atoms. The number of aryl methyl sites for hydroxylation is 2. The Morgan fingerprint density at radius 1 is 1.38 bits per heavy atom. The second kappa shape index (κ2) is 7.31. The van der Waals surface area contributed by atoms with Crippen LogP contribution in [0.5, 0.6) is 0 Å². The molecule has 3 rings (SSSR count). The Bertz CT molecular complexity index is 775. The molecule has 8 heteroatoms. The maximum absolute atomic E-state index is 12.1. The Hall–Kier alpha value is -1.93. The maximum Gasteiger partial charge on any atom is 0.232 e. The Kier molecular flexibility index (Phi) is 5.15. The van der Waals surface area contributed by atoms with Crippen molar-refractivity contribution in [2.45, 2.75) is 30.5 Å². The van der Waals surface area contributed by atoms with Gasteiger partial charge >= 0.3 is 0 Å². The summed E-state index contributed by atoms with van der Waals surface area (Å²) in [4.78, 5) is 24.3. The number of fused-ring (bicyclic) bond motifs is 1. The summed E-state index contributed by atoms with van der Waals surface area (Å²) in [6, 6.07) is 5.78. The maximum atomic E-state index is 12.1. The minimum absolute atomic E-state index is 0.104. The van der Waals surface area contributed by atoms with Gasteiger partial charge in [0.15, 0.2) is 4.34 Å². The highest BCUT2D eigenvalue weighted by atomic mass is 32.2. The number of hydrogen-bond donors (Lipinski definition) is 2. The molecule has 1 atom stereocenters. The lowest BCUT2D eigenvalue weighted by atomic mass is 9.95. The molecule has 2 amide bonds. The SMILES string of the molecule is Cc1nnc(SCCNC(=O)C[C@@H]2C(=O)Nc3c(C)cccc32)s1. The van der Waals surface area contributed by atoms with E-state index in [9.17, 15) is 9.59 Å². The molecule has 0 spiro atoms. The molecule has 126 valence electrons. The molecule has 0 aliphatic carbocycles. The Morgan fingerprint density at radius 3 is 2.96 bits per heavy atom. The number of amides is 2. The van der Waals surface area contributed by atoms with E-state index >= 15 is 0 Å². The van der Waals surface area contributed by atoms with Gasteiger partial charge in [0, 0.05) is 24.4 Å². The molecular formula is C16H18N4O2S2. The minimum atomic E-state index is -0.404. The fraction of sp³-hybridized carbons (Fsp3) is 0.375. The van der Waals surface area contributed by atoms with Crippen LogP contribution in [0.15, 0.2) is 22.5 Å². The van der Waals surface area contributed by atoms with Crippen molar-refractivity contribution < 1.29 is 9.59 Å². The zero-order valence-corrected chi connectivity index (χ0v) is 15.1. The molecule has 0 fully saturated rings. The van der Waals surface area contributed by atoms with Crippen molar-refractivity contribution in [3.8, 4) is 0 Å². The van der Waals surface area contributed by atoms with Gasteiger partial charge in [0.1, 0.15) is 5.01 Å². The van der Waals surface area contributed by atoms with Crippen molar-refractivity contribution in [1.29, 1.82) is 0 Å². The van der Waals surface area contributed by atoms with E-state index in [1.54, 1.807) is 23.1 Å². The van der Waals surface area contributed by atoms with Crippen molar-refractivity contribution in [3.05, 3.63) is 34.3 Å². The molecule has 0 unspecified atom stereocenters. The smallest absolute Gasteiger partial charge is 0.232 e. The average molecular weight is 362 g/mol. The summed E-state index contributed by atoms with van der Waals surface area (Å²) in [5.41, 5.74) is 2.78. The predicted molar refractivity (Wildman–Crippen MR) is 95.5 cm³/mol. The molecule has 2 N–H and O–H groups in total. The van der Waals surface area contributed by atoms with Gasteiger partial charge in [-0.1, -0.05) is 41.3 Å². The van der Waals surface area contributed by atoms with Crippen LogP contribution in [0.4, 0.5) is 5.69 Å². The molecule has 6 nitrogen and oxygen atoms in total. The van der Waals surface area contributed by atoms with E-state index in [0.29, 0.717) is 6.54 Å². The number of para-hydroxylation sites is 1. The molecular weight excluding hydrogens is 344 g/mol. The number of aromatic nitrogens is 2. The van der Waals surface area contributed by atoms with E-state index in [1.807, 2.05) is 32.0 Å². The molecule has 1 aromatic carbocycles. The lowest BCUT2D eigenvalue weighted by molar-refractivity contribution is -0.125. The molecule has 0 radical (unpaired) electrons. The summed E-state index contributed by atoms with van der Waals surface area (Å²) >= 11 is 3.11. The normalized spacial score (nSPS) is 15.9. The second-order valence-corrected chi connectivity index (χ2v) is 8.09. The standard InChI is InChI=1S/C16H18N4O2S2/c1-9-4-3-5-11-12(15(22)18-14(9)11)8-13(21)17-6-7-23-16-20-19-10(2)24-16/h3-5,12H,6-8H2,1-2H3,(H,17,21)(H,18,22)/t12-/m0/s1. The van der Waals surface area contributed by atoms with Gasteiger partial charge in [-0.05, 0) is 25.0 Å². The van der Waals surface area contributed by atoms with Gasteiger partial charge in [-0.25, -0.2) is 0 Å². The first-order chi connectivity index (χ1) is 11.5. The molecule has 2 heterocycles. The van der Waals surface area contributed by atoms with Crippen LogP contribution >= 0.6 is 23.1 Å². The van der Waals surface area contributed by atoms with Gasteiger partial charge in [-0.2, -0.15) is 0 Å². The predicted octanol–water partition coefficient (Wildman–Crippen LogP) is 2.49. The monoisotopic (exact) mass is 362 g/mol. The lowest BCUT2D eigenvalue weighted by Gasteiger charge is -2.09. The first-order valence-corrected chi connectivity index (χ1v) is 9.45. The molecule has 1 aliphatic heterocycles. The number of carbonyl (C=O) groups excluding carboxylic acids is 2. The average Bonchev–Trinajstić information content (AvgIpc) is 3.09. The van der Waals surface area contributed by atoms with Gasteiger partial charge < -0.3 is 10.6 Å². The molecule has 1 aliphatic rings. The quantitative estimate of drug-likeness (QED) is 0.609. The number of hydrogen-bond acceptors (Lipinski definition) is 6. The van der Waals surface area contributed by atoms with Crippen LogP contribution in [-0.4, -0.2) is 34.3 Å². The number of benzene rings is 1. The number of anilines is 1. The molecule has 2 aromatic rings. The molecule has 24 heavy (non-hydrogen) atoms. The Labute approximate surface area is 148 Å². The van der Waals surface area contributed by atoms with E-state index < -0.39 is 5.92 Å². The zero-order chi connectivity index (χ0) is 17.1. The number of rotatable bonds is 6. The summed E-state index contributed by atoms with van der Waals surface area (Å²) in [6.45, 7) is 4.40. The molecule has 0 saturated carbocycles. The van der Waals surface area contributed by atoms with E-state index in [2.05, 4.69) is 20.8 Å². The van der Waals surface area contributed by atoms with Crippen molar-refractivity contribution in [3.63, 3.8) is 0 Å². The third kappa shape index (κ3) is 3.76. The van der Waals surface area contributed by atoms with Gasteiger partial charge in [-0.3, -0.25) is 9.59 Å². The van der Waals surface area contributed by atoms with Crippen LogP contribution in [0.2, 0.25) is 0 Å². The minimum Gasteiger partial charge on any atom is -0.355 e. The van der Waals surface area contributed by atoms with Crippen molar-refractivity contribution in [1.82, 2.24) is 15.5 Å². The number of thioether (sulfide) groups is 1. The summed E-state index contributed by atoms with van der Waals surface area (Å²) < 4.78 is 0.904. The lowest BCUT2D eigenvalue weighted by Crippen LogP contribution is -2.28. The highest BCUT2D eigenvalue weighted by Gasteiger charge is 2.32. The van der Waals surface area contributed by atoms with Crippen LogP contribution in [0, 0.1) is 13.8 Å². The van der Waals surface area contributed by atoms with Gasteiger partial charge in [0.25, 0.3) is 0 Å². The summed E-state index contributed by atoms with van der Waals surface area (Å²) in [7, 11) is 0. The molecule has 1 aromatic heterocycles. The highest BCUT2D eigenvalue weighted by Crippen LogP contribution is 2.36. The van der Waals surface area contributed by atoms with Crippen LogP contribution in [0.25, 0.3) is 0 Å². The Balaban J connectivity index is 1.49. The number of nitrogens with zero attached hydrogens (tertiary/aromatic N) is 2. The van der Waals surface area contributed by atoms with Crippen LogP contribution in [0.3, 0.4) is 0 Å². The topological polar surface area (TPSA) is 84.0 Å². The van der Waals surface area contributed by atoms with Gasteiger partial charge in [0.05, 0.1) is 5.92 Å². The third-order valence-electron chi connectivity index (χ3n) is 3.79. The van der Waals surface area contributed by atoms with Crippen molar-refractivity contribution >= 4 is 40.6 Å². The van der Waals surface area contributed by atoms with Crippen molar-refractivity contribution in [2.75, 3.05) is 17.6 Å². The number of nitrogens with one attached hydrogen (secondary N) is 2. The van der Waals surface area contributed by atoms with E-state index in [0.717, 1.165) is 31.9 Å². The van der Waals surface area contributed by atoms with Crippen molar-refractivity contribution in [2.24, 2.45) is 0 Å². The first-order valence-electron chi connectivity index (χ1n) is 7.64. The summed E-state index contributed by atoms with van der Waals surface area (Å²) in [5, 5.41) is 14.7. The second-order valence-electron chi connectivity index (χ2n) is 5.57. The van der Waals surface area contributed by atoms with Gasteiger partial charge in [0.2, 0.25) is 11.8 Å². The van der Waals surface area contributed by atoms with Gasteiger partial charge in [-0.15, -0.1) is 10.2 Å². The summed E-state index contributed by atoms with van der Waals surface area (Å²) in [5.74, 6) is 0.109. The fourth-order valence-electron chi connectivity index (χ4n) is 2.63. The third-order valence-corrected chi connectivity index (χ3v) is 5.77. The number of carbonyl (C=O) groups is 2. The van der Waals surface area contributed by atoms with E-state index in [4.69, 9.17) is 0 Å². The summed E-state index contributed by atoms with van der Waals surface area (Å²) in [6.07, 6.45) is 0.171. The zero-order valence-electron chi connectivity index (χ0n) is 13.5. The van der Waals surface area contributed by atoms with Crippen LogP contribution in [-0.2, 0) is 9.59 Å². The van der Waals surface area contributed by atoms with E-state index in [1.165, 1.54) is 0 Å². The fourth-order valence-corrected chi connectivity index (χ4v) is 4.37. The van der Waals surface area contributed by atoms with Crippen LogP contribution < -0.4 is 10.6 Å².